The van der Waals surface area contributed by atoms with Gasteiger partial charge in [-0.1, -0.05) is 39.0 Å². The third-order valence-corrected chi connectivity index (χ3v) is 5.45. The lowest BCUT2D eigenvalue weighted by atomic mass is 9.68. The van der Waals surface area contributed by atoms with Gasteiger partial charge in [0, 0.05) is 5.57 Å². The molecule has 5 nitrogen and oxygen atoms in total. The zero-order valence-corrected chi connectivity index (χ0v) is 17.8. The fourth-order valence-corrected chi connectivity index (χ4v) is 3.80. The lowest BCUT2D eigenvalue weighted by Crippen LogP contribution is -2.40. The highest BCUT2D eigenvalue weighted by molar-refractivity contribution is 6.28. The van der Waals surface area contributed by atoms with Crippen LogP contribution in [0.4, 0.5) is 13.2 Å². The molecular formula is C23H25F3O5. The number of ether oxygens (including phenoxy) is 2. The molecule has 0 atom stereocenters. The summed E-state index contributed by atoms with van der Waals surface area (Å²) in [5.41, 5.74) is -0.514. The number of aliphatic hydroxyl groups excluding tert-OH is 1. The van der Waals surface area contributed by atoms with Crippen molar-refractivity contribution in [3.8, 4) is 5.75 Å². The molecule has 0 heterocycles. The van der Waals surface area contributed by atoms with Gasteiger partial charge in [0.2, 0.25) is 0 Å². The Balaban J connectivity index is 2.39. The van der Waals surface area contributed by atoms with E-state index in [2.05, 4.69) is 4.74 Å². The molecule has 2 rings (SSSR count). The summed E-state index contributed by atoms with van der Waals surface area (Å²) >= 11 is 0. The van der Waals surface area contributed by atoms with Crippen molar-refractivity contribution >= 4 is 17.6 Å². The number of hydrogen-bond donors (Lipinski definition) is 1. The van der Waals surface area contributed by atoms with Crippen LogP contribution in [-0.4, -0.2) is 30.1 Å². The number of halogens is 3. The van der Waals surface area contributed by atoms with Gasteiger partial charge in [0.15, 0.2) is 11.6 Å². The number of allylic oxidation sites excluding steroid dienone is 4. The van der Waals surface area contributed by atoms with Crippen LogP contribution in [0.1, 0.15) is 45.6 Å². The van der Waals surface area contributed by atoms with Crippen molar-refractivity contribution in [3.63, 3.8) is 0 Å². The number of ketones is 2. The number of methoxy groups -OCH3 is 1. The molecule has 1 N–H and O–H groups in total. The molecule has 0 bridgehead atoms. The molecule has 8 heteroatoms. The number of Topliss-reactive ketones (excluding diaryl/α,β-unsaturated/α-hetero) is 1. The quantitative estimate of drug-likeness (QED) is 0.418. The van der Waals surface area contributed by atoms with Crippen LogP contribution in [0.3, 0.4) is 0 Å². The topological polar surface area (TPSA) is 72.8 Å². The summed E-state index contributed by atoms with van der Waals surface area (Å²) in [6.45, 7) is 5.43. The molecule has 0 fully saturated rings. The minimum atomic E-state index is -4.80. The van der Waals surface area contributed by atoms with Crippen LogP contribution in [0.5, 0.6) is 5.75 Å². The third-order valence-electron chi connectivity index (χ3n) is 5.45. The third kappa shape index (κ3) is 4.84. The molecule has 1 aromatic rings. The van der Waals surface area contributed by atoms with E-state index >= 15 is 0 Å². The van der Waals surface area contributed by atoms with E-state index in [-0.39, 0.29) is 11.3 Å². The Morgan fingerprint density at radius 2 is 1.71 bits per heavy atom. The molecule has 0 amide bonds. The van der Waals surface area contributed by atoms with Gasteiger partial charge in [0.05, 0.1) is 12.5 Å². The number of benzene rings is 1. The first-order valence-corrected chi connectivity index (χ1v) is 9.88. The number of carbonyl (C=O) groups is 2. The van der Waals surface area contributed by atoms with Gasteiger partial charge in [0.1, 0.15) is 22.8 Å². The van der Waals surface area contributed by atoms with Crippen molar-refractivity contribution in [2.24, 2.45) is 5.41 Å². The van der Waals surface area contributed by atoms with Gasteiger partial charge in [-0.3, -0.25) is 9.59 Å². The fraction of sp³-hybridized carbons (Fsp3) is 0.391. The van der Waals surface area contributed by atoms with Gasteiger partial charge in [-0.25, -0.2) is 0 Å². The Kier molecular flexibility index (Phi) is 7.36. The van der Waals surface area contributed by atoms with Crippen molar-refractivity contribution < 1.29 is 37.3 Å². The molecule has 1 aliphatic rings. The van der Waals surface area contributed by atoms with E-state index in [0.29, 0.717) is 36.2 Å². The maximum Gasteiger partial charge on any atom is 0.573 e. The maximum atomic E-state index is 13.3. The van der Waals surface area contributed by atoms with Crippen LogP contribution < -0.4 is 4.74 Å². The Hall–Kier alpha value is -3.03. The first kappa shape index (κ1) is 24.2. The first-order valence-electron chi connectivity index (χ1n) is 9.88. The van der Waals surface area contributed by atoms with Crippen molar-refractivity contribution in [1.29, 1.82) is 0 Å². The Bertz CT molecular complexity index is 933. The summed E-state index contributed by atoms with van der Waals surface area (Å²) in [4.78, 5) is 26.1. The Labute approximate surface area is 178 Å². The molecular weight excluding hydrogens is 413 g/mol. The van der Waals surface area contributed by atoms with E-state index in [0.717, 1.165) is 18.2 Å². The number of alkyl halides is 3. The number of carbonyl (C=O) groups excluding carboxylic acids is 2. The van der Waals surface area contributed by atoms with Crippen LogP contribution in [0.25, 0.3) is 6.08 Å². The summed E-state index contributed by atoms with van der Waals surface area (Å²) in [6, 6.07) is 4.90. The van der Waals surface area contributed by atoms with Crippen LogP contribution in [0.2, 0.25) is 0 Å². The van der Waals surface area contributed by atoms with Crippen molar-refractivity contribution in [2.75, 3.05) is 7.11 Å². The number of hydrogen-bond acceptors (Lipinski definition) is 5. The van der Waals surface area contributed by atoms with E-state index < -0.39 is 29.1 Å². The van der Waals surface area contributed by atoms with E-state index in [1.165, 1.54) is 25.3 Å². The standard InChI is InChI=1S/C23H25F3O5/c1-5-16-19(28)18(20(29)22(6-2,7-3)21(16)30-4)17(27)13-10-14-8-11-15(12-9-14)31-23(24,25)26/h8-13,28H,5-7H2,1-4H3/b13-10+. The van der Waals surface area contributed by atoms with Crippen molar-refractivity contribution in [3.05, 3.63) is 58.6 Å². The Morgan fingerprint density at radius 3 is 2.16 bits per heavy atom. The van der Waals surface area contributed by atoms with Gasteiger partial charge < -0.3 is 14.6 Å². The second-order valence-electron chi connectivity index (χ2n) is 7.02. The minimum absolute atomic E-state index is 0.311. The number of rotatable bonds is 8. The lowest BCUT2D eigenvalue weighted by molar-refractivity contribution is -0.274. The van der Waals surface area contributed by atoms with Gasteiger partial charge in [0.25, 0.3) is 0 Å². The highest BCUT2D eigenvalue weighted by Crippen LogP contribution is 2.46. The average Bonchev–Trinajstić information content (AvgIpc) is 2.72. The van der Waals surface area contributed by atoms with Crippen LogP contribution in [-0.2, 0) is 14.3 Å². The Morgan fingerprint density at radius 1 is 1.13 bits per heavy atom. The second-order valence-corrected chi connectivity index (χ2v) is 7.02. The molecule has 1 aromatic carbocycles. The first-order chi connectivity index (χ1) is 14.5. The monoisotopic (exact) mass is 438 g/mol. The van der Waals surface area contributed by atoms with Gasteiger partial charge in [-0.2, -0.15) is 0 Å². The second kappa shape index (κ2) is 9.41. The zero-order chi connectivity index (χ0) is 23.4. The SMILES string of the molecule is CCC1=C(OC)C(CC)(CC)C(=O)C(C(=O)/C=C/c2ccc(OC(F)(F)F)cc2)=C1O. The molecule has 31 heavy (non-hydrogen) atoms. The predicted octanol–water partition coefficient (Wildman–Crippen LogP) is 5.68. The molecule has 0 radical (unpaired) electrons. The average molecular weight is 438 g/mol. The summed E-state index contributed by atoms with van der Waals surface area (Å²) in [6.07, 6.45) is -1.17. The highest BCUT2D eigenvalue weighted by atomic mass is 19.4. The van der Waals surface area contributed by atoms with Gasteiger partial charge >= 0.3 is 6.36 Å². The summed E-state index contributed by atoms with van der Waals surface area (Å²) in [7, 11) is 1.44. The minimum Gasteiger partial charge on any atom is -0.507 e. The lowest BCUT2D eigenvalue weighted by Gasteiger charge is -2.37. The van der Waals surface area contributed by atoms with E-state index in [9.17, 15) is 27.9 Å². The molecule has 0 unspecified atom stereocenters. The summed E-state index contributed by atoms with van der Waals surface area (Å²) in [5.74, 6) is -1.61. The molecule has 0 aromatic heterocycles. The molecule has 1 aliphatic carbocycles. The van der Waals surface area contributed by atoms with E-state index in [1.54, 1.807) is 6.92 Å². The molecule has 0 aliphatic heterocycles. The highest BCUT2D eigenvalue weighted by Gasteiger charge is 2.49. The molecule has 168 valence electrons. The summed E-state index contributed by atoms with van der Waals surface area (Å²) < 4.78 is 46.1. The molecule has 0 saturated heterocycles. The smallest absolute Gasteiger partial charge is 0.507 e. The normalized spacial score (nSPS) is 16.8. The largest absolute Gasteiger partial charge is 0.573 e. The predicted molar refractivity (Wildman–Crippen MR) is 109 cm³/mol. The fourth-order valence-electron chi connectivity index (χ4n) is 3.80. The van der Waals surface area contributed by atoms with E-state index in [4.69, 9.17) is 4.74 Å². The molecule has 0 saturated carbocycles. The van der Waals surface area contributed by atoms with Gasteiger partial charge in [-0.05, 0) is 43.0 Å². The summed E-state index contributed by atoms with van der Waals surface area (Å²) in [5, 5.41) is 10.7. The van der Waals surface area contributed by atoms with Crippen molar-refractivity contribution in [2.45, 2.75) is 46.4 Å². The van der Waals surface area contributed by atoms with Crippen LogP contribution in [0, 0.1) is 5.41 Å². The van der Waals surface area contributed by atoms with Crippen molar-refractivity contribution in [1.82, 2.24) is 0 Å². The van der Waals surface area contributed by atoms with Crippen LogP contribution in [0.15, 0.2) is 53.0 Å². The molecule has 0 spiro atoms. The maximum absolute atomic E-state index is 13.3. The zero-order valence-electron chi connectivity index (χ0n) is 17.8. The van der Waals surface area contributed by atoms with Crippen LogP contribution >= 0.6 is 0 Å². The number of aliphatic hydroxyl groups is 1. The van der Waals surface area contributed by atoms with Gasteiger partial charge in [-0.15, -0.1) is 13.2 Å². The van der Waals surface area contributed by atoms with E-state index in [1.807, 2.05) is 13.8 Å².